The van der Waals surface area contributed by atoms with Gasteiger partial charge in [-0.05, 0) is 0 Å². The molecule has 0 saturated heterocycles. The van der Waals surface area contributed by atoms with Gasteiger partial charge in [0.25, 0.3) is 6.43 Å². The second-order valence-electron chi connectivity index (χ2n) is 2.39. The Labute approximate surface area is 92.6 Å². The number of halogens is 4. The van der Waals surface area contributed by atoms with Crippen LogP contribution in [0.4, 0.5) is 8.78 Å². The van der Waals surface area contributed by atoms with E-state index < -0.39 is 6.43 Å². The first-order valence-electron chi connectivity index (χ1n) is 3.53. The molecule has 0 fully saturated rings. The minimum atomic E-state index is -2.70. The minimum absolute atomic E-state index is 0.0263. The van der Waals surface area contributed by atoms with Crippen molar-refractivity contribution in [3.63, 3.8) is 0 Å². The molecule has 0 unspecified atom stereocenters. The lowest BCUT2D eigenvalue weighted by Crippen LogP contribution is -2.00. The fourth-order valence-electron chi connectivity index (χ4n) is 1.01. The van der Waals surface area contributed by atoms with Crippen molar-refractivity contribution in [2.75, 3.05) is 0 Å². The van der Waals surface area contributed by atoms with Crippen molar-refractivity contribution in [2.24, 2.45) is 0 Å². The van der Waals surface area contributed by atoms with E-state index in [4.69, 9.17) is 16.9 Å². The summed E-state index contributed by atoms with van der Waals surface area (Å²) in [6.07, 6.45) is -1.64. The molecule has 0 aliphatic rings. The number of rotatable bonds is 2. The van der Waals surface area contributed by atoms with Gasteiger partial charge in [0, 0.05) is 22.7 Å². The van der Waals surface area contributed by atoms with Crippen LogP contribution in [-0.4, -0.2) is 4.98 Å². The van der Waals surface area contributed by atoms with E-state index in [-0.39, 0.29) is 27.2 Å². The Morgan fingerprint density at radius 3 is 2.71 bits per heavy atom. The summed E-state index contributed by atoms with van der Waals surface area (Å²) in [5.41, 5.74) is -0.202. The van der Waals surface area contributed by atoms with Crippen LogP contribution in [0.1, 0.15) is 23.2 Å². The van der Waals surface area contributed by atoms with Crippen molar-refractivity contribution in [1.82, 2.24) is 4.98 Å². The summed E-state index contributed by atoms with van der Waals surface area (Å²) in [4.78, 5) is 3.65. The van der Waals surface area contributed by atoms with E-state index in [9.17, 15) is 8.78 Å². The first kappa shape index (κ1) is 11.3. The Hall–Kier alpha value is -0.730. The Bertz CT molecular complexity index is 390. The van der Waals surface area contributed by atoms with Gasteiger partial charge in [-0.1, -0.05) is 27.5 Å². The molecule has 0 bridgehead atoms. The normalized spacial score (nSPS) is 10.3. The standard InChI is InChI=1S/C8H4BrClF2N2/c9-1-4-6(2-13)14-3-5(10)7(4)8(11)12/h3,8H,1H2. The minimum Gasteiger partial charge on any atom is -0.244 e. The van der Waals surface area contributed by atoms with Crippen LogP contribution in [0, 0.1) is 11.3 Å². The largest absolute Gasteiger partial charge is 0.265 e. The zero-order chi connectivity index (χ0) is 10.7. The molecule has 1 aromatic rings. The number of pyridine rings is 1. The summed E-state index contributed by atoms with van der Waals surface area (Å²) in [7, 11) is 0. The van der Waals surface area contributed by atoms with Crippen molar-refractivity contribution < 1.29 is 8.78 Å². The average Bonchev–Trinajstić information content (AvgIpc) is 2.16. The summed E-state index contributed by atoms with van der Waals surface area (Å²) in [5, 5.41) is 8.64. The highest BCUT2D eigenvalue weighted by atomic mass is 79.9. The van der Waals surface area contributed by atoms with Crippen LogP contribution < -0.4 is 0 Å². The highest BCUT2D eigenvalue weighted by molar-refractivity contribution is 9.08. The van der Waals surface area contributed by atoms with Gasteiger partial charge in [0.05, 0.1) is 5.02 Å². The van der Waals surface area contributed by atoms with Crippen molar-refractivity contribution in [2.45, 2.75) is 11.8 Å². The summed E-state index contributed by atoms with van der Waals surface area (Å²) in [6, 6.07) is 1.74. The average molecular weight is 281 g/mol. The van der Waals surface area contributed by atoms with Gasteiger partial charge in [0.1, 0.15) is 11.8 Å². The lowest BCUT2D eigenvalue weighted by molar-refractivity contribution is 0.150. The monoisotopic (exact) mass is 280 g/mol. The van der Waals surface area contributed by atoms with Gasteiger partial charge < -0.3 is 0 Å². The lowest BCUT2D eigenvalue weighted by atomic mass is 10.1. The Morgan fingerprint density at radius 1 is 1.64 bits per heavy atom. The van der Waals surface area contributed by atoms with E-state index in [2.05, 4.69) is 20.9 Å². The molecule has 0 N–H and O–H groups in total. The molecule has 1 heterocycles. The summed E-state index contributed by atoms with van der Waals surface area (Å²) in [5.74, 6) is 0. The van der Waals surface area contributed by atoms with Gasteiger partial charge in [0.15, 0.2) is 0 Å². The van der Waals surface area contributed by atoms with E-state index in [0.717, 1.165) is 6.20 Å². The lowest BCUT2D eigenvalue weighted by Gasteiger charge is -2.08. The predicted molar refractivity (Wildman–Crippen MR) is 51.6 cm³/mol. The molecule has 1 rings (SSSR count). The molecule has 0 atom stereocenters. The third kappa shape index (κ3) is 2.02. The summed E-state index contributed by atoms with van der Waals surface area (Å²) in [6.45, 7) is 0. The zero-order valence-electron chi connectivity index (χ0n) is 6.77. The molecule has 14 heavy (non-hydrogen) atoms. The van der Waals surface area contributed by atoms with Gasteiger partial charge in [-0.15, -0.1) is 0 Å². The first-order valence-corrected chi connectivity index (χ1v) is 5.03. The summed E-state index contributed by atoms with van der Waals surface area (Å²) >= 11 is 8.58. The number of hydrogen-bond donors (Lipinski definition) is 0. The van der Waals surface area contributed by atoms with Crippen LogP contribution in [-0.2, 0) is 5.33 Å². The first-order chi connectivity index (χ1) is 6.61. The maximum atomic E-state index is 12.5. The second-order valence-corrected chi connectivity index (χ2v) is 3.36. The van der Waals surface area contributed by atoms with E-state index >= 15 is 0 Å². The molecule has 6 heteroatoms. The number of nitrogens with zero attached hydrogens (tertiary/aromatic N) is 2. The van der Waals surface area contributed by atoms with E-state index in [0.29, 0.717) is 0 Å². The van der Waals surface area contributed by atoms with Gasteiger partial charge in [0.2, 0.25) is 0 Å². The number of hydrogen-bond acceptors (Lipinski definition) is 2. The molecule has 0 aromatic carbocycles. The second kappa shape index (κ2) is 4.67. The number of alkyl halides is 3. The molecule has 0 saturated carbocycles. The molecule has 0 amide bonds. The third-order valence-corrected chi connectivity index (χ3v) is 2.49. The molecule has 74 valence electrons. The molecule has 0 spiro atoms. The predicted octanol–water partition coefficient (Wildman–Crippen LogP) is 3.44. The van der Waals surface area contributed by atoms with Gasteiger partial charge in [-0.25, -0.2) is 13.8 Å². The van der Waals surface area contributed by atoms with Crippen LogP contribution in [0.5, 0.6) is 0 Å². The van der Waals surface area contributed by atoms with E-state index in [1.54, 1.807) is 6.07 Å². The maximum Gasteiger partial charge on any atom is 0.265 e. The van der Waals surface area contributed by atoms with E-state index in [1.165, 1.54) is 0 Å². The third-order valence-electron chi connectivity index (χ3n) is 1.63. The van der Waals surface area contributed by atoms with Crippen molar-refractivity contribution in [1.29, 1.82) is 5.26 Å². The van der Waals surface area contributed by atoms with Crippen molar-refractivity contribution >= 4 is 27.5 Å². The molecular formula is C8H4BrClF2N2. The summed E-state index contributed by atoms with van der Waals surface area (Å²) < 4.78 is 25.1. The molecule has 0 radical (unpaired) electrons. The highest BCUT2D eigenvalue weighted by Crippen LogP contribution is 2.32. The Balaban J connectivity index is 3.45. The topological polar surface area (TPSA) is 36.7 Å². The molecule has 2 nitrogen and oxygen atoms in total. The van der Waals surface area contributed by atoms with E-state index in [1.807, 2.05) is 0 Å². The Morgan fingerprint density at radius 2 is 2.29 bits per heavy atom. The quantitative estimate of drug-likeness (QED) is 0.779. The van der Waals surface area contributed by atoms with Gasteiger partial charge in [-0.2, -0.15) is 5.26 Å². The highest BCUT2D eigenvalue weighted by Gasteiger charge is 2.20. The molecule has 0 aliphatic heterocycles. The Kier molecular flexibility index (Phi) is 3.78. The van der Waals surface area contributed by atoms with Crippen molar-refractivity contribution in [3.05, 3.63) is 28.0 Å². The van der Waals surface area contributed by atoms with Gasteiger partial charge >= 0.3 is 0 Å². The van der Waals surface area contributed by atoms with Crippen LogP contribution in [0.15, 0.2) is 6.20 Å². The number of aromatic nitrogens is 1. The fourth-order valence-corrected chi connectivity index (χ4v) is 1.82. The van der Waals surface area contributed by atoms with Crippen LogP contribution in [0.3, 0.4) is 0 Å². The zero-order valence-corrected chi connectivity index (χ0v) is 9.11. The molecular weight excluding hydrogens is 277 g/mol. The maximum absolute atomic E-state index is 12.5. The smallest absolute Gasteiger partial charge is 0.244 e. The van der Waals surface area contributed by atoms with Crippen LogP contribution in [0.2, 0.25) is 5.02 Å². The fraction of sp³-hybridized carbons (Fsp3) is 0.250. The molecule has 1 aromatic heterocycles. The van der Waals surface area contributed by atoms with Gasteiger partial charge in [-0.3, -0.25) is 0 Å². The molecule has 0 aliphatic carbocycles. The number of nitriles is 1. The van der Waals surface area contributed by atoms with Crippen LogP contribution >= 0.6 is 27.5 Å². The van der Waals surface area contributed by atoms with Crippen molar-refractivity contribution in [3.8, 4) is 6.07 Å². The van der Waals surface area contributed by atoms with Crippen LogP contribution in [0.25, 0.3) is 0 Å². The SMILES string of the molecule is N#Cc1ncc(Cl)c(C(F)F)c1CBr.